The summed E-state index contributed by atoms with van der Waals surface area (Å²) in [6.45, 7) is 2.01. The van der Waals surface area contributed by atoms with Gasteiger partial charge in [-0.1, -0.05) is 24.3 Å². The second-order valence-electron chi connectivity index (χ2n) is 6.87. The quantitative estimate of drug-likeness (QED) is 0.215. The molecule has 0 unspecified atom stereocenters. The Morgan fingerprint density at radius 1 is 1.13 bits per heavy atom. The summed E-state index contributed by atoms with van der Waals surface area (Å²) in [7, 11) is 1.58. The van der Waals surface area contributed by atoms with Crippen molar-refractivity contribution in [2.24, 2.45) is 4.99 Å². The molecule has 1 heterocycles. The van der Waals surface area contributed by atoms with Crippen molar-refractivity contribution < 1.29 is 14.1 Å². The van der Waals surface area contributed by atoms with Crippen LogP contribution in [0.5, 0.6) is 5.75 Å². The van der Waals surface area contributed by atoms with Crippen LogP contribution in [-0.4, -0.2) is 23.2 Å². The molecule has 0 spiro atoms. The predicted molar refractivity (Wildman–Crippen MR) is 121 cm³/mol. The Morgan fingerprint density at radius 3 is 2.81 bits per heavy atom. The molecule has 0 atom stereocenters. The number of nitrogens with zero attached hydrogens (tertiary/aromatic N) is 3. The predicted octanol–water partition coefficient (Wildman–Crippen LogP) is 6.14. The molecule has 3 aromatic carbocycles. The maximum absolute atomic E-state index is 10.9. The highest BCUT2D eigenvalue weighted by atomic mass is 16.6. The molecule has 0 aliphatic heterocycles. The smallest absolute Gasteiger partial charge is 0.270 e. The molecule has 0 amide bonds. The second kappa shape index (κ2) is 8.62. The van der Waals surface area contributed by atoms with Gasteiger partial charge in [-0.05, 0) is 54.5 Å². The van der Waals surface area contributed by atoms with Crippen LogP contribution in [0.2, 0.25) is 0 Å². The zero-order valence-electron chi connectivity index (χ0n) is 17.0. The molecule has 0 aliphatic carbocycles. The molecule has 31 heavy (non-hydrogen) atoms. The van der Waals surface area contributed by atoms with Crippen LogP contribution in [0.15, 0.2) is 76.1 Å². The summed E-state index contributed by atoms with van der Waals surface area (Å²) in [4.78, 5) is 19.5. The molecule has 1 aromatic heterocycles. The van der Waals surface area contributed by atoms with E-state index < -0.39 is 4.92 Å². The minimum Gasteiger partial charge on any atom is -0.494 e. The van der Waals surface area contributed by atoms with Gasteiger partial charge in [0.15, 0.2) is 5.58 Å². The molecule has 0 bridgehead atoms. The SMILES string of the molecule is COc1ccc(-c2nc3cc(C)ccc3o2)cc1N=C/C=C/c1cccc([N+](=O)[O-])c1. The number of oxazole rings is 1. The molecule has 0 saturated heterocycles. The number of methoxy groups -OCH3 is 1. The zero-order valence-corrected chi connectivity index (χ0v) is 17.0. The van der Waals surface area contributed by atoms with Crippen LogP contribution in [-0.2, 0) is 0 Å². The van der Waals surface area contributed by atoms with E-state index in [-0.39, 0.29) is 5.69 Å². The van der Waals surface area contributed by atoms with Gasteiger partial charge in [-0.2, -0.15) is 0 Å². The Labute approximate surface area is 178 Å². The van der Waals surface area contributed by atoms with Crippen LogP contribution in [0.25, 0.3) is 28.6 Å². The van der Waals surface area contributed by atoms with Crippen molar-refractivity contribution in [3.05, 3.63) is 88.0 Å². The minimum atomic E-state index is -0.421. The van der Waals surface area contributed by atoms with Gasteiger partial charge < -0.3 is 9.15 Å². The normalized spacial score (nSPS) is 11.5. The van der Waals surface area contributed by atoms with E-state index in [0.717, 1.165) is 22.2 Å². The fourth-order valence-electron chi connectivity index (χ4n) is 3.10. The van der Waals surface area contributed by atoms with Crippen LogP contribution in [0, 0.1) is 17.0 Å². The molecule has 0 aliphatic rings. The average Bonchev–Trinajstić information content (AvgIpc) is 3.20. The third-order valence-corrected chi connectivity index (χ3v) is 4.64. The fraction of sp³-hybridized carbons (Fsp3) is 0.0833. The molecule has 7 nitrogen and oxygen atoms in total. The number of non-ortho nitro benzene ring substituents is 1. The van der Waals surface area contributed by atoms with E-state index in [0.29, 0.717) is 22.9 Å². The number of rotatable bonds is 6. The number of nitro groups is 1. The zero-order chi connectivity index (χ0) is 21.8. The van der Waals surface area contributed by atoms with Gasteiger partial charge in [0.1, 0.15) is 17.0 Å². The number of benzene rings is 3. The third-order valence-electron chi connectivity index (χ3n) is 4.64. The van der Waals surface area contributed by atoms with Gasteiger partial charge in [0.05, 0.1) is 12.0 Å². The molecule has 4 aromatic rings. The van der Waals surface area contributed by atoms with Gasteiger partial charge in [0.2, 0.25) is 5.89 Å². The van der Waals surface area contributed by atoms with E-state index in [1.807, 2.05) is 43.3 Å². The Balaban J connectivity index is 1.60. The van der Waals surface area contributed by atoms with Crippen LogP contribution in [0.3, 0.4) is 0 Å². The highest BCUT2D eigenvalue weighted by molar-refractivity contribution is 5.83. The number of hydrogen-bond acceptors (Lipinski definition) is 6. The molecule has 0 fully saturated rings. The molecule has 0 saturated carbocycles. The van der Waals surface area contributed by atoms with Crippen molar-refractivity contribution >= 4 is 34.8 Å². The highest BCUT2D eigenvalue weighted by Gasteiger charge is 2.11. The molecule has 0 radical (unpaired) electrons. The van der Waals surface area contributed by atoms with Crippen molar-refractivity contribution in [3.8, 4) is 17.2 Å². The van der Waals surface area contributed by atoms with Crippen molar-refractivity contribution in [1.29, 1.82) is 0 Å². The summed E-state index contributed by atoms with van der Waals surface area (Å²) < 4.78 is 11.3. The number of aryl methyl sites for hydroxylation is 1. The highest BCUT2D eigenvalue weighted by Crippen LogP contribution is 2.33. The van der Waals surface area contributed by atoms with Gasteiger partial charge in [0.25, 0.3) is 5.69 Å². The number of aliphatic imine (C=N–C) groups is 1. The number of aromatic nitrogens is 1. The van der Waals surface area contributed by atoms with E-state index in [4.69, 9.17) is 9.15 Å². The molecular weight excluding hydrogens is 394 g/mol. The third kappa shape index (κ3) is 4.51. The lowest BCUT2D eigenvalue weighted by Crippen LogP contribution is -1.87. The molecule has 4 rings (SSSR count). The number of hydrogen-bond donors (Lipinski definition) is 0. The lowest BCUT2D eigenvalue weighted by atomic mass is 10.2. The van der Waals surface area contributed by atoms with Crippen LogP contribution >= 0.6 is 0 Å². The molecule has 0 N–H and O–H groups in total. The van der Waals surface area contributed by atoms with Gasteiger partial charge in [0, 0.05) is 23.9 Å². The first-order chi connectivity index (χ1) is 15.0. The lowest BCUT2D eigenvalue weighted by Gasteiger charge is -2.05. The number of fused-ring (bicyclic) bond motifs is 1. The summed E-state index contributed by atoms with van der Waals surface area (Å²) in [5.74, 6) is 1.11. The summed E-state index contributed by atoms with van der Waals surface area (Å²) >= 11 is 0. The number of nitro benzene ring substituents is 1. The van der Waals surface area contributed by atoms with E-state index in [1.165, 1.54) is 12.1 Å². The van der Waals surface area contributed by atoms with Gasteiger partial charge >= 0.3 is 0 Å². The minimum absolute atomic E-state index is 0.0435. The van der Waals surface area contributed by atoms with Gasteiger partial charge in [-0.15, -0.1) is 0 Å². The van der Waals surface area contributed by atoms with Crippen LogP contribution in [0.4, 0.5) is 11.4 Å². The summed E-state index contributed by atoms with van der Waals surface area (Å²) in [6, 6.07) is 17.8. The van der Waals surface area contributed by atoms with Crippen molar-refractivity contribution in [1.82, 2.24) is 4.98 Å². The molecule has 7 heteroatoms. The summed E-state index contributed by atoms with van der Waals surface area (Å²) in [5.41, 5.74) is 4.79. The average molecular weight is 413 g/mol. The van der Waals surface area contributed by atoms with E-state index in [9.17, 15) is 10.1 Å². The standard InChI is InChI=1S/C24H19N3O4/c1-16-8-10-23-21(13-16)26-24(31-23)18-9-11-22(30-2)20(15-18)25-12-4-6-17-5-3-7-19(14-17)27(28)29/h3-15H,1-2H3/b6-4+,25-12?. The fourth-order valence-corrected chi connectivity index (χ4v) is 3.10. The summed E-state index contributed by atoms with van der Waals surface area (Å²) in [5, 5.41) is 10.9. The Hall–Kier alpha value is -4.26. The first kappa shape index (κ1) is 20.0. The maximum Gasteiger partial charge on any atom is 0.270 e. The Bertz CT molecular complexity index is 1320. The van der Waals surface area contributed by atoms with E-state index >= 15 is 0 Å². The molecular formula is C24H19N3O4. The van der Waals surface area contributed by atoms with Crippen LogP contribution < -0.4 is 4.74 Å². The van der Waals surface area contributed by atoms with Crippen LogP contribution in [0.1, 0.15) is 11.1 Å². The maximum atomic E-state index is 10.9. The van der Waals surface area contributed by atoms with E-state index in [2.05, 4.69) is 9.98 Å². The van der Waals surface area contributed by atoms with Gasteiger partial charge in [-0.3, -0.25) is 15.1 Å². The summed E-state index contributed by atoms with van der Waals surface area (Å²) in [6.07, 6.45) is 5.07. The Morgan fingerprint density at radius 2 is 2.00 bits per heavy atom. The number of allylic oxidation sites excluding steroid dienone is 1. The lowest BCUT2D eigenvalue weighted by molar-refractivity contribution is -0.384. The Kier molecular flexibility index (Phi) is 5.57. The first-order valence-corrected chi connectivity index (χ1v) is 9.54. The molecule has 154 valence electrons. The van der Waals surface area contributed by atoms with Gasteiger partial charge in [-0.25, -0.2) is 4.98 Å². The van der Waals surface area contributed by atoms with Crippen molar-refractivity contribution in [2.45, 2.75) is 6.92 Å². The van der Waals surface area contributed by atoms with E-state index in [1.54, 1.807) is 37.6 Å². The van der Waals surface area contributed by atoms with Crippen molar-refractivity contribution in [2.75, 3.05) is 7.11 Å². The monoisotopic (exact) mass is 413 g/mol. The largest absolute Gasteiger partial charge is 0.494 e. The topological polar surface area (TPSA) is 90.8 Å². The van der Waals surface area contributed by atoms with Crippen molar-refractivity contribution in [3.63, 3.8) is 0 Å². The number of ether oxygens (including phenoxy) is 1. The second-order valence-corrected chi connectivity index (χ2v) is 6.87. The first-order valence-electron chi connectivity index (χ1n) is 9.54.